The Balaban J connectivity index is 1.36. The molecule has 3 heterocycles. The second-order valence-electron chi connectivity index (χ2n) is 8.09. The van der Waals surface area contributed by atoms with E-state index in [2.05, 4.69) is 25.3 Å². The first kappa shape index (κ1) is 24.6. The van der Waals surface area contributed by atoms with Crippen molar-refractivity contribution in [2.45, 2.75) is 11.8 Å². The number of aromatic nitrogens is 5. The average molecular weight is 532 g/mol. The first-order chi connectivity index (χ1) is 17.5. The largest absolute Gasteiger partial charge is 0.457 e. The minimum Gasteiger partial charge on any atom is -0.457 e. The van der Waals surface area contributed by atoms with Crippen LogP contribution in [0.2, 0.25) is 0 Å². The number of rotatable bonds is 6. The van der Waals surface area contributed by atoms with Crippen LogP contribution in [0.15, 0.2) is 67.0 Å². The number of ether oxygens (including phenoxy) is 1. The monoisotopic (exact) mass is 532 g/mol. The van der Waals surface area contributed by atoms with E-state index in [4.69, 9.17) is 4.74 Å². The van der Waals surface area contributed by atoms with Crippen LogP contribution in [0.4, 0.5) is 33.6 Å². The van der Waals surface area contributed by atoms with E-state index >= 15 is 0 Å². The molecule has 0 saturated carbocycles. The summed E-state index contributed by atoms with van der Waals surface area (Å²) in [7, 11) is 3.31. The van der Waals surface area contributed by atoms with Gasteiger partial charge in [-0.05, 0) is 30.3 Å². The van der Waals surface area contributed by atoms with Gasteiger partial charge < -0.3 is 19.6 Å². The molecule has 0 bridgehead atoms. The Morgan fingerprint density at radius 1 is 0.946 bits per heavy atom. The molecule has 3 aromatic heterocycles. The lowest BCUT2D eigenvalue weighted by molar-refractivity contribution is -0.140. The number of fused-ring (bicyclic) bond motifs is 1. The van der Waals surface area contributed by atoms with Crippen LogP contribution in [0.1, 0.15) is 11.3 Å². The molecule has 2 N–H and O–H groups in total. The summed E-state index contributed by atoms with van der Waals surface area (Å²) in [6, 6.07) is 14.0. The third-order valence-electron chi connectivity index (χ3n) is 5.47. The van der Waals surface area contributed by atoms with Crippen LogP contribution in [0.25, 0.3) is 22.6 Å². The second-order valence-corrected chi connectivity index (χ2v) is 8.82. The number of aromatic amines is 1. The number of nitrogens with zero attached hydrogens (tertiary/aromatic N) is 4. The first-order valence-electron chi connectivity index (χ1n) is 10.7. The van der Waals surface area contributed by atoms with Crippen molar-refractivity contribution in [3.05, 3.63) is 78.2 Å². The lowest BCUT2D eigenvalue weighted by Crippen LogP contribution is -2.04. The molecule has 0 spiro atoms. The smallest absolute Gasteiger partial charge is 0.432 e. The van der Waals surface area contributed by atoms with Gasteiger partial charge in [-0.15, -0.1) is 0 Å². The van der Waals surface area contributed by atoms with Gasteiger partial charge in [0.25, 0.3) is 5.66 Å². The molecule has 5 aromatic rings. The van der Waals surface area contributed by atoms with E-state index < -0.39 is 17.5 Å². The van der Waals surface area contributed by atoms with Gasteiger partial charge in [0.05, 0.1) is 17.2 Å². The lowest BCUT2D eigenvalue weighted by Gasteiger charge is -2.11. The zero-order chi connectivity index (χ0) is 26.4. The topological polar surface area (TPSA) is 80.7 Å². The standard InChI is InChI=1S/C24H18F5N6OP/c1-35-19-7-6-15(10-17(19)33-22(35)32-14-4-2-13(3-5-14)24(28,29)37)36-16-8-9-30-18(11-16)21-31-12-20(34-21)23(25,26)27/h2-12H,37H2,1H3,(H,31,34)(H,32,33). The fourth-order valence-corrected chi connectivity index (χ4v) is 3.79. The Morgan fingerprint density at radius 2 is 1.68 bits per heavy atom. The van der Waals surface area contributed by atoms with E-state index in [-0.39, 0.29) is 17.1 Å². The van der Waals surface area contributed by atoms with Crippen molar-refractivity contribution in [2.24, 2.45) is 7.05 Å². The highest BCUT2D eigenvalue weighted by atomic mass is 31.0. The van der Waals surface area contributed by atoms with Gasteiger partial charge in [0.1, 0.15) is 22.9 Å². The normalized spacial score (nSPS) is 12.2. The highest BCUT2D eigenvalue weighted by Crippen LogP contribution is 2.36. The van der Waals surface area contributed by atoms with Crippen molar-refractivity contribution in [3.63, 3.8) is 0 Å². The van der Waals surface area contributed by atoms with Gasteiger partial charge in [-0.25, -0.2) is 9.97 Å². The molecule has 2 aromatic carbocycles. The summed E-state index contributed by atoms with van der Waals surface area (Å²) < 4.78 is 73.1. The van der Waals surface area contributed by atoms with Crippen LogP contribution in [0, 0.1) is 0 Å². The third kappa shape index (κ3) is 5.24. The molecule has 0 saturated heterocycles. The number of hydrogen-bond acceptors (Lipinski definition) is 5. The quantitative estimate of drug-likeness (QED) is 0.185. The number of aryl methyl sites for hydroxylation is 1. The van der Waals surface area contributed by atoms with Gasteiger partial charge in [0, 0.05) is 36.6 Å². The summed E-state index contributed by atoms with van der Waals surface area (Å²) in [4.78, 5) is 14.6. The molecule has 190 valence electrons. The predicted molar refractivity (Wildman–Crippen MR) is 131 cm³/mol. The number of halogens is 5. The van der Waals surface area contributed by atoms with E-state index in [0.717, 1.165) is 5.52 Å². The molecule has 0 aliphatic carbocycles. The molecule has 5 rings (SSSR count). The third-order valence-corrected chi connectivity index (χ3v) is 5.80. The Morgan fingerprint density at radius 3 is 2.35 bits per heavy atom. The van der Waals surface area contributed by atoms with Gasteiger partial charge in [0.15, 0.2) is 5.82 Å². The van der Waals surface area contributed by atoms with E-state index in [9.17, 15) is 22.0 Å². The van der Waals surface area contributed by atoms with Gasteiger partial charge in [-0.3, -0.25) is 4.98 Å². The van der Waals surface area contributed by atoms with Crippen LogP contribution in [0.3, 0.4) is 0 Å². The van der Waals surface area contributed by atoms with Crippen molar-refractivity contribution in [1.29, 1.82) is 0 Å². The maximum absolute atomic E-state index is 13.4. The summed E-state index contributed by atoms with van der Waals surface area (Å²) in [6.45, 7) is 0. The molecule has 0 aliphatic heterocycles. The molecule has 13 heteroatoms. The summed E-state index contributed by atoms with van der Waals surface area (Å²) >= 11 is 0. The molecule has 1 atom stereocenters. The molecule has 0 amide bonds. The molecule has 37 heavy (non-hydrogen) atoms. The zero-order valence-electron chi connectivity index (χ0n) is 19.0. The Hall–Kier alpha value is -4.05. The van der Waals surface area contributed by atoms with Crippen LogP contribution in [-0.4, -0.2) is 24.5 Å². The number of nitrogens with one attached hydrogen (secondary N) is 2. The lowest BCUT2D eigenvalue weighted by atomic mass is 10.2. The molecule has 0 radical (unpaired) electrons. The molecular formula is C24H18F5N6OP. The average Bonchev–Trinajstić information content (AvgIpc) is 3.45. The molecule has 7 nitrogen and oxygen atoms in total. The molecule has 0 aliphatic rings. The van der Waals surface area contributed by atoms with E-state index in [0.29, 0.717) is 34.8 Å². The van der Waals surface area contributed by atoms with Gasteiger partial charge in [-0.2, -0.15) is 22.0 Å². The van der Waals surface area contributed by atoms with E-state index in [1.165, 1.54) is 33.6 Å². The molecular weight excluding hydrogens is 514 g/mol. The maximum Gasteiger partial charge on any atom is 0.432 e. The maximum atomic E-state index is 13.4. The summed E-state index contributed by atoms with van der Waals surface area (Å²) in [6.07, 6.45) is -2.43. The Kier molecular flexibility index (Phi) is 6.07. The Bertz CT molecular complexity index is 1570. The summed E-state index contributed by atoms with van der Waals surface area (Å²) in [5.41, 5.74) is -1.94. The SMILES string of the molecule is Cn1c(Nc2ccc(C(F)(F)P)cc2)nc2cc(Oc3ccnc(-c4ncc(C(F)(F)F)[nH]4)c3)ccc21. The van der Waals surface area contributed by atoms with Crippen LogP contribution in [0.5, 0.6) is 11.5 Å². The van der Waals surface area contributed by atoms with Crippen molar-refractivity contribution in [2.75, 3.05) is 5.32 Å². The number of H-pyrrole nitrogens is 1. The van der Waals surface area contributed by atoms with Gasteiger partial charge >= 0.3 is 6.18 Å². The van der Waals surface area contributed by atoms with E-state index in [1.807, 2.05) is 0 Å². The highest BCUT2D eigenvalue weighted by molar-refractivity contribution is 7.17. The molecule has 0 fully saturated rings. The van der Waals surface area contributed by atoms with E-state index in [1.54, 1.807) is 48.0 Å². The van der Waals surface area contributed by atoms with Crippen LogP contribution < -0.4 is 10.1 Å². The zero-order valence-corrected chi connectivity index (χ0v) is 20.2. The summed E-state index contributed by atoms with van der Waals surface area (Å²) in [5.74, 6) is 1.23. The number of benzene rings is 2. The Labute approximate surface area is 208 Å². The predicted octanol–water partition coefficient (Wildman–Crippen LogP) is 6.84. The van der Waals surface area contributed by atoms with Crippen LogP contribution >= 0.6 is 9.24 Å². The van der Waals surface area contributed by atoms with Crippen molar-refractivity contribution in [1.82, 2.24) is 24.5 Å². The first-order valence-corrected chi connectivity index (χ1v) is 11.3. The van der Waals surface area contributed by atoms with Crippen LogP contribution in [-0.2, 0) is 18.9 Å². The summed E-state index contributed by atoms with van der Waals surface area (Å²) in [5, 5.41) is 3.11. The number of anilines is 2. The second kappa shape index (κ2) is 9.11. The van der Waals surface area contributed by atoms with Crippen molar-refractivity contribution >= 4 is 31.9 Å². The number of pyridine rings is 1. The van der Waals surface area contributed by atoms with Gasteiger partial charge in [0.2, 0.25) is 5.95 Å². The fraction of sp³-hybridized carbons (Fsp3) is 0.125. The minimum atomic E-state index is -4.54. The van der Waals surface area contributed by atoms with Gasteiger partial charge in [-0.1, -0.05) is 21.4 Å². The number of imidazole rings is 2. The minimum absolute atomic E-state index is 0.0388. The number of alkyl halides is 5. The van der Waals surface area contributed by atoms with Crippen molar-refractivity contribution in [3.8, 4) is 23.0 Å². The fourth-order valence-electron chi connectivity index (χ4n) is 3.60. The van der Waals surface area contributed by atoms with Crippen molar-refractivity contribution < 1.29 is 26.7 Å². The number of hydrogen-bond donors (Lipinski definition) is 2. The highest BCUT2D eigenvalue weighted by Gasteiger charge is 2.33. The molecule has 1 unspecified atom stereocenters.